The number of rotatable bonds is 7. The molecule has 0 radical (unpaired) electrons. The Morgan fingerprint density at radius 1 is 0.897 bits per heavy atom. The number of hydrogen-bond acceptors (Lipinski definition) is 4. The van der Waals surface area contributed by atoms with Gasteiger partial charge in [-0.1, -0.05) is 42.5 Å². The third-order valence-corrected chi connectivity index (χ3v) is 4.71. The molecule has 1 fully saturated rings. The largest absolute Gasteiger partial charge is 0.489 e. The summed E-state index contributed by atoms with van der Waals surface area (Å²) in [5.41, 5.74) is 3.01. The van der Waals surface area contributed by atoms with Crippen molar-refractivity contribution in [2.75, 3.05) is 6.61 Å². The van der Waals surface area contributed by atoms with Crippen molar-refractivity contribution < 1.29 is 14.2 Å². The van der Waals surface area contributed by atoms with Crippen LogP contribution in [0.5, 0.6) is 11.5 Å². The quantitative estimate of drug-likeness (QED) is 0.472. The second-order valence-electron chi connectivity index (χ2n) is 7.01. The van der Waals surface area contributed by atoms with Gasteiger partial charge in [0.1, 0.15) is 18.1 Å². The Morgan fingerprint density at radius 2 is 1.76 bits per heavy atom. The second kappa shape index (κ2) is 9.89. The van der Waals surface area contributed by atoms with Crippen LogP contribution in [0.25, 0.3) is 0 Å². The molecule has 3 aromatic carbocycles. The van der Waals surface area contributed by atoms with Gasteiger partial charge in [-0.15, -0.1) is 0 Å². The van der Waals surface area contributed by atoms with Crippen molar-refractivity contribution >= 4 is 11.9 Å². The maximum Gasteiger partial charge on any atom is 0.199 e. The molecule has 0 aromatic heterocycles. The molecular weight excluding hydrogens is 362 g/mol. The van der Waals surface area contributed by atoms with Crippen LogP contribution in [0.15, 0.2) is 83.9 Å². The molecule has 29 heavy (non-hydrogen) atoms. The highest BCUT2D eigenvalue weighted by molar-refractivity contribution is 5.82. The zero-order valence-electron chi connectivity index (χ0n) is 16.4. The zero-order valence-corrected chi connectivity index (χ0v) is 16.4. The fraction of sp³-hybridized carbons (Fsp3) is 0.240. The van der Waals surface area contributed by atoms with Crippen molar-refractivity contribution in [3.63, 3.8) is 0 Å². The van der Waals surface area contributed by atoms with Crippen LogP contribution in [-0.2, 0) is 11.3 Å². The first-order chi connectivity index (χ1) is 14.3. The SMILES string of the molecule is C(=Nc1ccc(OCc2ccccc2)cc1)c1cccc(OC2CCCCO2)c1. The molecule has 1 aliphatic heterocycles. The van der Waals surface area contributed by atoms with E-state index in [0.29, 0.717) is 6.61 Å². The van der Waals surface area contributed by atoms with Crippen molar-refractivity contribution in [3.05, 3.63) is 90.0 Å². The molecule has 3 aromatic rings. The molecular formula is C25H25NO3. The number of aliphatic imine (C=N–C) groups is 1. The van der Waals surface area contributed by atoms with Gasteiger partial charge >= 0.3 is 0 Å². The van der Waals surface area contributed by atoms with E-state index in [1.807, 2.05) is 72.9 Å². The van der Waals surface area contributed by atoms with Crippen molar-refractivity contribution in [2.45, 2.75) is 32.2 Å². The highest BCUT2D eigenvalue weighted by Crippen LogP contribution is 2.21. The van der Waals surface area contributed by atoms with E-state index in [0.717, 1.165) is 54.2 Å². The standard InChI is InChI=1S/C25H25NO3/c1-2-7-20(8-3-1)19-28-23-14-12-22(13-15-23)26-18-21-9-6-10-24(17-21)29-25-11-4-5-16-27-25/h1-3,6-10,12-15,17-18,25H,4-5,11,16,19H2. The fourth-order valence-corrected chi connectivity index (χ4v) is 3.14. The van der Waals surface area contributed by atoms with Crippen LogP contribution in [0.4, 0.5) is 5.69 Å². The number of benzene rings is 3. The number of ether oxygens (including phenoxy) is 3. The molecule has 0 spiro atoms. The third kappa shape index (κ3) is 5.93. The van der Waals surface area contributed by atoms with Gasteiger partial charge in [0.15, 0.2) is 6.29 Å². The average molecular weight is 387 g/mol. The van der Waals surface area contributed by atoms with Crippen molar-refractivity contribution in [3.8, 4) is 11.5 Å². The van der Waals surface area contributed by atoms with Gasteiger partial charge in [-0.25, -0.2) is 0 Å². The van der Waals surface area contributed by atoms with Gasteiger partial charge in [-0.05, 0) is 60.4 Å². The lowest BCUT2D eigenvalue weighted by Crippen LogP contribution is -2.24. The predicted molar refractivity (Wildman–Crippen MR) is 115 cm³/mol. The fourth-order valence-electron chi connectivity index (χ4n) is 3.14. The molecule has 1 heterocycles. The van der Waals surface area contributed by atoms with Crippen molar-refractivity contribution in [1.29, 1.82) is 0 Å². The van der Waals surface area contributed by atoms with Gasteiger partial charge in [0, 0.05) is 12.6 Å². The van der Waals surface area contributed by atoms with Gasteiger partial charge in [-0.3, -0.25) is 4.99 Å². The number of nitrogens with zero attached hydrogens (tertiary/aromatic N) is 1. The molecule has 4 rings (SSSR count). The van der Waals surface area contributed by atoms with Crippen LogP contribution in [0.1, 0.15) is 30.4 Å². The topological polar surface area (TPSA) is 40.0 Å². The first kappa shape index (κ1) is 19.2. The van der Waals surface area contributed by atoms with Crippen LogP contribution in [0, 0.1) is 0 Å². The van der Waals surface area contributed by atoms with E-state index in [2.05, 4.69) is 17.1 Å². The van der Waals surface area contributed by atoms with Gasteiger partial charge in [0.05, 0.1) is 12.3 Å². The van der Waals surface area contributed by atoms with E-state index in [-0.39, 0.29) is 6.29 Å². The highest BCUT2D eigenvalue weighted by Gasteiger charge is 2.15. The summed E-state index contributed by atoms with van der Waals surface area (Å²) in [5.74, 6) is 1.64. The number of hydrogen-bond donors (Lipinski definition) is 0. The van der Waals surface area contributed by atoms with E-state index in [9.17, 15) is 0 Å². The minimum Gasteiger partial charge on any atom is -0.489 e. The molecule has 0 amide bonds. The smallest absolute Gasteiger partial charge is 0.199 e. The Hall–Kier alpha value is -3.11. The summed E-state index contributed by atoms with van der Waals surface area (Å²) in [6.07, 6.45) is 4.91. The van der Waals surface area contributed by atoms with E-state index >= 15 is 0 Å². The Bertz CT molecular complexity index is 916. The average Bonchev–Trinajstić information content (AvgIpc) is 2.79. The lowest BCUT2D eigenvalue weighted by Gasteiger charge is -2.23. The molecule has 148 valence electrons. The molecule has 1 aliphatic rings. The van der Waals surface area contributed by atoms with E-state index in [1.54, 1.807) is 0 Å². The van der Waals surface area contributed by atoms with Crippen LogP contribution < -0.4 is 9.47 Å². The highest BCUT2D eigenvalue weighted by atomic mass is 16.7. The normalized spacial score (nSPS) is 16.6. The van der Waals surface area contributed by atoms with Crippen LogP contribution >= 0.6 is 0 Å². The molecule has 0 bridgehead atoms. The molecule has 0 N–H and O–H groups in total. The summed E-state index contributed by atoms with van der Waals surface area (Å²) >= 11 is 0. The first-order valence-electron chi connectivity index (χ1n) is 10.0. The maximum absolute atomic E-state index is 5.93. The van der Waals surface area contributed by atoms with Crippen LogP contribution in [-0.4, -0.2) is 19.1 Å². The van der Waals surface area contributed by atoms with Crippen molar-refractivity contribution in [1.82, 2.24) is 0 Å². The molecule has 1 atom stereocenters. The Kier molecular flexibility index (Phi) is 6.56. The lowest BCUT2D eigenvalue weighted by atomic mass is 10.2. The maximum atomic E-state index is 5.93. The summed E-state index contributed by atoms with van der Waals surface area (Å²) in [6.45, 7) is 1.33. The molecule has 1 unspecified atom stereocenters. The molecule has 0 aliphatic carbocycles. The summed E-state index contributed by atoms with van der Waals surface area (Å²) in [6, 6.07) is 25.8. The molecule has 1 saturated heterocycles. The molecule has 4 heteroatoms. The zero-order chi connectivity index (χ0) is 19.7. The first-order valence-corrected chi connectivity index (χ1v) is 10.0. The van der Waals surface area contributed by atoms with Gasteiger partial charge < -0.3 is 14.2 Å². The lowest BCUT2D eigenvalue weighted by molar-refractivity contribution is -0.105. The monoisotopic (exact) mass is 387 g/mol. The Labute approximate surface area is 171 Å². The molecule has 0 saturated carbocycles. The van der Waals surface area contributed by atoms with Crippen LogP contribution in [0.3, 0.4) is 0 Å². The predicted octanol–water partition coefficient (Wildman–Crippen LogP) is 5.92. The van der Waals surface area contributed by atoms with Gasteiger partial charge in [-0.2, -0.15) is 0 Å². The van der Waals surface area contributed by atoms with Crippen LogP contribution in [0.2, 0.25) is 0 Å². The van der Waals surface area contributed by atoms with Gasteiger partial charge in [0.25, 0.3) is 0 Å². The van der Waals surface area contributed by atoms with E-state index in [4.69, 9.17) is 14.2 Å². The summed E-state index contributed by atoms with van der Waals surface area (Å²) in [7, 11) is 0. The minimum atomic E-state index is -0.139. The Morgan fingerprint density at radius 3 is 2.55 bits per heavy atom. The van der Waals surface area contributed by atoms with E-state index in [1.165, 1.54) is 0 Å². The van der Waals surface area contributed by atoms with Crippen molar-refractivity contribution in [2.24, 2.45) is 4.99 Å². The Balaban J connectivity index is 1.33. The van der Waals surface area contributed by atoms with Gasteiger partial charge in [0.2, 0.25) is 0 Å². The summed E-state index contributed by atoms with van der Waals surface area (Å²) in [5, 5.41) is 0. The summed E-state index contributed by atoms with van der Waals surface area (Å²) < 4.78 is 17.4. The second-order valence-corrected chi connectivity index (χ2v) is 7.01. The minimum absolute atomic E-state index is 0.139. The summed E-state index contributed by atoms with van der Waals surface area (Å²) in [4.78, 5) is 4.56. The molecule has 4 nitrogen and oxygen atoms in total. The third-order valence-electron chi connectivity index (χ3n) is 4.71. The van der Waals surface area contributed by atoms with E-state index < -0.39 is 0 Å².